The first-order chi connectivity index (χ1) is 11.5. The molecule has 1 aromatic carbocycles. The Morgan fingerprint density at radius 2 is 2.00 bits per heavy atom. The number of aryl methyl sites for hydroxylation is 1. The fourth-order valence-corrected chi connectivity index (χ4v) is 2.27. The van der Waals surface area contributed by atoms with E-state index in [0.717, 1.165) is 17.8 Å². The number of carbonyl (C=O) groups is 2. The van der Waals surface area contributed by atoms with Crippen LogP contribution in [0.2, 0.25) is 5.02 Å². The Bertz CT molecular complexity index is 729. The van der Waals surface area contributed by atoms with Crippen LogP contribution in [0.5, 0.6) is 0 Å². The van der Waals surface area contributed by atoms with Crippen LogP contribution in [0.25, 0.3) is 5.69 Å². The molecule has 0 fully saturated rings. The van der Waals surface area contributed by atoms with Crippen molar-refractivity contribution in [2.45, 2.75) is 20.3 Å². The molecule has 1 aromatic heterocycles. The fraction of sp³-hybridized carbons (Fsp3) is 0.312. The summed E-state index contributed by atoms with van der Waals surface area (Å²) in [5, 5.41) is 12.6. The van der Waals surface area contributed by atoms with Crippen molar-refractivity contribution in [2.75, 3.05) is 18.4 Å². The van der Waals surface area contributed by atoms with Crippen molar-refractivity contribution in [1.29, 1.82) is 0 Å². The number of nitrogens with one attached hydrogen (secondary N) is 3. The number of amides is 3. The Morgan fingerprint density at radius 1 is 1.25 bits per heavy atom. The molecular weight excluding hydrogens is 330 g/mol. The molecule has 7 nitrogen and oxygen atoms in total. The number of halogens is 1. The van der Waals surface area contributed by atoms with Crippen LogP contribution >= 0.6 is 11.6 Å². The van der Waals surface area contributed by atoms with Crippen LogP contribution in [-0.2, 0) is 4.79 Å². The topological polar surface area (TPSA) is 88.0 Å². The third kappa shape index (κ3) is 4.73. The molecule has 0 atom stereocenters. The zero-order chi connectivity index (χ0) is 17.5. The normalized spacial score (nSPS) is 10.3. The Morgan fingerprint density at radius 3 is 2.71 bits per heavy atom. The van der Waals surface area contributed by atoms with Gasteiger partial charge in [-0.2, -0.15) is 0 Å². The number of nitrogens with zero attached hydrogens (tertiary/aromatic N) is 2. The van der Waals surface area contributed by atoms with E-state index >= 15 is 0 Å². The van der Waals surface area contributed by atoms with Crippen molar-refractivity contribution < 1.29 is 9.59 Å². The summed E-state index contributed by atoms with van der Waals surface area (Å²) in [5.41, 5.74) is 1.54. The molecule has 0 bridgehead atoms. The lowest BCUT2D eigenvalue weighted by Crippen LogP contribution is -2.39. The summed E-state index contributed by atoms with van der Waals surface area (Å²) in [7, 11) is 0. The van der Waals surface area contributed by atoms with Gasteiger partial charge in [-0.25, -0.2) is 9.48 Å². The van der Waals surface area contributed by atoms with Crippen LogP contribution < -0.4 is 16.0 Å². The number of hydrogen-bond donors (Lipinski definition) is 3. The molecule has 24 heavy (non-hydrogen) atoms. The first-order valence-electron chi connectivity index (χ1n) is 7.64. The standard InChI is InChI=1S/C16H20ClN5O2/c1-3-8-18-15(23)10-19-16(24)20-14-9-11(2)22(21-14)13-7-5-4-6-12(13)17/h4-7,9H,3,8,10H2,1-2H3,(H,18,23)(H2,19,20,21,24). The maximum Gasteiger partial charge on any atom is 0.320 e. The minimum Gasteiger partial charge on any atom is -0.355 e. The van der Waals surface area contributed by atoms with Crippen LogP contribution in [-0.4, -0.2) is 34.8 Å². The number of anilines is 1. The Labute approximate surface area is 145 Å². The Kier molecular flexibility index (Phi) is 6.20. The van der Waals surface area contributed by atoms with Crippen LogP contribution in [0.1, 0.15) is 19.0 Å². The predicted octanol–water partition coefficient (Wildman–Crippen LogP) is 2.48. The predicted molar refractivity (Wildman–Crippen MR) is 93.6 cm³/mol. The summed E-state index contributed by atoms with van der Waals surface area (Å²) >= 11 is 6.17. The van der Waals surface area contributed by atoms with Gasteiger partial charge in [0.1, 0.15) is 0 Å². The molecule has 8 heteroatoms. The number of benzene rings is 1. The molecule has 128 valence electrons. The number of para-hydroxylation sites is 1. The summed E-state index contributed by atoms with van der Waals surface area (Å²) < 4.78 is 1.64. The molecular formula is C16H20ClN5O2. The van der Waals surface area contributed by atoms with Gasteiger partial charge in [0.05, 0.1) is 17.3 Å². The second kappa shape index (κ2) is 8.35. The molecule has 2 rings (SSSR count). The number of aromatic nitrogens is 2. The lowest BCUT2D eigenvalue weighted by molar-refractivity contribution is -0.120. The molecule has 0 saturated carbocycles. The largest absolute Gasteiger partial charge is 0.355 e. The highest BCUT2D eigenvalue weighted by Crippen LogP contribution is 2.22. The second-order valence-electron chi connectivity index (χ2n) is 5.19. The zero-order valence-electron chi connectivity index (χ0n) is 13.6. The van der Waals surface area contributed by atoms with Crippen LogP contribution in [0.3, 0.4) is 0 Å². The van der Waals surface area contributed by atoms with Crippen LogP contribution in [0, 0.1) is 6.92 Å². The number of hydrogen-bond acceptors (Lipinski definition) is 3. The van der Waals surface area contributed by atoms with Gasteiger partial charge >= 0.3 is 6.03 Å². The van der Waals surface area contributed by atoms with Gasteiger partial charge in [0.25, 0.3) is 0 Å². The maximum atomic E-state index is 11.8. The Balaban J connectivity index is 1.97. The summed E-state index contributed by atoms with van der Waals surface area (Å²) in [5.74, 6) is 0.142. The van der Waals surface area contributed by atoms with E-state index in [1.165, 1.54) is 0 Å². The van der Waals surface area contributed by atoms with E-state index < -0.39 is 6.03 Å². The van der Waals surface area contributed by atoms with Crippen LogP contribution in [0.4, 0.5) is 10.6 Å². The average Bonchev–Trinajstić information content (AvgIpc) is 2.91. The highest BCUT2D eigenvalue weighted by atomic mass is 35.5. The quantitative estimate of drug-likeness (QED) is 0.748. The first kappa shape index (κ1) is 17.8. The summed E-state index contributed by atoms with van der Waals surface area (Å²) in [4.78, 5) is 23.3. The molecule has 2 aromatic rings. The lowest BCUT2D eigenvalue weighted by atomic mass is 10.3. The van der Waals surface area contributed by atoms with Gasteiger partial charge in [0, 0.05) is 18.3 Å². The first-order valence-corrected chi connectivity index (χ1v) is 8.02. The van der Waals surface area contributed by atoms with E-state index in [9.17, 15) is 9.59 Å². The monoisotopic (exact) mass is 349 g/mol. The van der Waals surface area contributed by atoms with Crippen molar-refractivity contribution in [2.24, 2.45) is 0 Å². The molecule has 1 heterocycles. The van der Waals surface area contributed by atoms with Gasteiger partial charge in [-0.1, -0.05) is 30.7 Å². The highest BCUT2D eigenvalue weighted by molar-refractivity contribution is 6.32. The minimum atomic E-state index is -0.495. The number of carbonyl (C=O) groups excluding carboxylic acids is 2. The van der Waals surface area contributed by atoms with E-state index in [1.54, 1.807) is 16.8 Å². The average molecular weight is 350 g/mol. The summed E-state index contributed by atoms with van der Waals surface area (Å²) in [6.45, 7) is 4.31. The van der Waals surface area contributed by atoms with E-state index in [0.29, 0.717) is 17.4 Å². The molecule has 0 aliphatic rings. The van der Waals surface area contributed by atoms with E-state index in [-0.39, 0.29) is 12.5 Å². The third-order valence-corrected chi connectivity index (χ3v) is 3.51. The molecule has 0 aliphatic heterocycles. The zero-order valence-corrected chi connectivity index (χ0v) is 14.4. The van der Waals surface area contributed by atoms with Crippen molar-refractivity contribution >= 4 is 29.4 Å². The minimum absolute atomic E-state index is 0.0873. The van der Waals surface area contributed by atoms with E-state index in [4.69, 9.17) is 11.6 Å². The second-order valence-corrected chi connectivity index (χ2v) is 5.60. The van der Waals surface area contributed by atoms with E-state index in [1.807, 2.05) is 32.0 Å². The molecule has 0 unspecified atom stereocenters. The van der Waals surface area contributed by atoms with E-state index in [2.05, 4.69) is 21.0 Å². The van der Waals surface area contributed by atoms with Gasteiger partial charge in [-0.15, -0.1) is 5.10 Å². The fourth-order valence-electron chi connectivity index (χ4n) is 2.05. The van der Waals surface area contributed by atoms with Crippen molar-refractivity contribution in [1.82, 2.24) is 20.4 Å². The SMILES string of the molecule is CCCNC(=O)CNC(=O)Nc1cc(C)n(-c2ccccc2Cl)n1. The molecule has 0 saturated heterocycles. The number of urea groups is 1. The Hall–Kier alpha value is -2.54. The van der Waals surface area contributed by atoms with Gasteiger partial charge < -0.3 is 10.6 Å². The van der Waals surface area contributed by atoms with Crippen molar-refractivity contribution in [3.63, 3.8) is 0 Å². The molecule has 0 radical (unpaired) electrons. The highest BCUT2D eigenvalue weighted by Gasteiger charge is 2.11. The maximum absolute atomic E-state index is 11.8. The molecule has 3 amide bonds. The van der Waals surface area contributed by atoms with Gasteiger partial charge in [-0.05, 0) is 25.5 Å². The summed E-state index contributed by atoms with van der Waals surface area (Å²) in [6.07, 6.45) is 0.844. The van der Waals surface area contributed by atoms with Crippen LogP contribution in [0.15, 0.2) is 30.3 Å². The molecule has 0 spiro atoms. The van der Waals surface area contributed by atoms with Gasteiger partial charge in [0.15, 0.2) is 5.82 Å². The third-order valence-electron chi connectivity index (χ3n) is 3.19. The smallest absolute Gasteiger partial charge is 0.320 e. The lowest BCUT2D eigenvalue weighted by Gasteiger charge is -2.07. The molecule has 3 N–H and O–H groups in total. The van der Waals surface area contributed by atoms with Gasteiger partial charge in [0.2, 0.25) is 5.91 Å². The number of rotatable bonds is 6. The van der Waals surface area contributed by atoms with Crippen molar-refractivity contribution in [3.8, 4) is 5.69 Å². The molecule has 0 aliphatic carbocycles. The van der Waals surface area contributed by atoms with Gasteiger partial charge in [-0.3, -0.25) is 10.1 Å². The van der Waals surface area contributed by atoms with Crippen molar-refractivity contribution in [3.05, 3.63) is 41.0 Å². The summed E-state index contributed by atoms with van der Waals surface area (Å²) in [6, 6.07) is 8.53.